The molecule has 8 nitrogen and oxygen atoms in total. The zero-order chi connectivity index (χ0) is 26.5. The third-order valence-corrected chi connectivity index (χ3v) is 5.47. The maximum atomic E-state index is 13.0. The minimum absolute atomic E-state index is 0.0783. The van der Waals surface area contributed by atoms with Crippen LogP contribution in [-0.4, -0.2) is 44.0 Å². The molecule has 3 rings (SSSR count). The number of phenolic OH excluding ortho intramolecular Hbond substituents is 1. The molecule has 0 aliphatic carbocycles. The quantitative estimate of drug-likeness (QED) is 0.186. The van der Waals surface area contributed by atoms with Crippen molar-refractivity contribution < 1.29 is 41.3 Å². The summed E-state index contributed by atoms with van der Waals surface area (Å²) in [5, 5.41) is 21.5. The lowest BCUT2D eigenvalue weighted by atomic mass is 10.0. The molecular formula is C24H23F3N2O6S. The molecular weight excluding hydrogens is 501 g/mol. The summed E-state index contributed by atoms with van der Waals surface area (Å²) < 4.78 is 69.4. The van der Waals surface area contributed by atoms with Gasteiger partial charge in [-0.15, -0.1) is 0 Å². The van der Waals surface area contributed by atoms with Crippen molar-refractivity contribution in [2.75, 3.05) is 29.5 Å². The molecule has 0 atom stereocenters. The average molecular weight is 525 g/mol. The van der Waals surface area contributed by atoms with Gasteiger partial charge in [-0.05, 0) is 53.6 Å². The first-order chi connectivity index (χ1) is 16.9. The van der Waals surface area contributed by atoms with Gasteiger partial charge in [0.25, 0.3) is 5.91 Å². The number of aliphatic hydroxyl groups excluding tert-OH is 1. The first kappa shape index (κ1) is 26.8. The van der Waals surface area contributed by atoms with Gasteiger partial charge in [-0.25, -0.2) is 8.42 Å². The van der Waals surface area contributed by atoms with E-state index >= 15 is 0 Å². The normalized spacial score (nSPS) is 11.7. The van der Waals surface area contributed by atoms with Gasteiger partial charge in [-0.1, -0.05) is 18.2 Å². The zero-order valence-corrected chi connectivity index (χ0v) is 19.8. The van der Waals surface area contributed by atoms with E-state index < -0.39 is 27.7 Å². The Morgan fingerprint density at radius 3 is 2.28 bits per heavy atom. The smallest absolute Gasteiger partial charge is 0.416 e. The monoisotopic (exact) mass is 524 g/mol. The van der Waals surface area contributed by atoms with Crippen LogP contribution < -0.4 is 14.8 Å². The first-order valence-corrected chi connectivity index (χ1v) is 12.4. The molecule has 3 aromatic rings. The number of sulfonamides is 1. The Labute approximate surface area is 205 Å². The molecule has 0 spiro atoms. The van der Waals surface area contributed by atoms with E-state index in [0.717, 1.165) is 18.4 Å². The molecule has 0 radical (unpaired) electrons. The summed E-state index contributed by atoms with van der Waals surface area (Å²) >= 11 is 0. The highest BCUT2D eigenvalue weighted by Gasteiger charge is 2.30. The number of carbonyl (C=O) groups excluding carboxylic acids is 1. The number of alkyl halides is 3. The van der Waals surface area contributed by atoms with Crippen LogP contribution in [0.25, 0.3) is 11.1 Å². The minimum Gasteiger partial charge on any atom is -0.506 e. The Hall–Kier alpha value is -3.77. The van der Waals surface area contributed by atoms with Gasteiger partial charge in [0.15, 0.2) is 0 Å². The number of phenols is 1. The number of nitrogens with one attached hydrogen (secondary N) is 2. The molecule has 0 heterocycles. The SMILES string of the molecule is CS(=O)(=O)Nc1cc(NC(=O)c2ccc(-c3ccc(C(F)(F)F)cc3)cc2OCCCO)ccc1O. The standard InChI is InChI=1S/C24H23F3N2O6S/c1-36(33,34)29-20-14-18(8-10-21(20)31)28-23(32)19-9-5-16(13-22(19)35-12-2-11-30)15-3-6-17(7-4-15)24(25,26)27/h3-10,13-14,29-31H,2,11-12H2,1H3,(H,28,32). The third-order valence-electron chi connectivity index (χ3n) is 4.88. The molecule has 0 aliphatic heterocycles. The van der Waals surface area contributed by atoms with Crippen LogP contribution >= 0.6 is 0 Å². The maximum Gasteiger partial charge on any atom is 0.416 e. The number of ether oxygens (including phenoxy) is 1. The molecule has 12 heteroatoms. The van der Waals surface area contributed by atoms with E-state index in [0.29, 0.717) is 11.1 Å². The van der Waals surface area contributed by atoms with Gasteiger partial charge >= 0.3 is 6.18 Å². The lowest BCUT2D eigenvalue weighted by molar-refractivity contribution is -0.137. The van der Waals surface area contributed by atoms with E-state index in [1.807, 2.05) is 0 Å². The number of aromatic hydroxyl groups is 1. The van der Waals surface area contributed by atoms with Crippen molar-refractivity contribution in [1.82, 2.24) is 0 Å². The number of hydrogen-bond donors (Lipinski definition) is 4. The molecule has 0 aromatic heterocycles. The fourth-order valence-electron chi connectivity index (χ4n) is 3.20. The lowest BCUT2D eigenvalue weighted by Crippen LogP contribution is -2.15. The predicted molar refractivity (Wildman–Crippen MR) is 129 cm³/mol. The van der Waals surface area contributed by atoms with Crippen molar-refractivity contribution in [1.29, 1.82) is 0 Å². The topological polar surface area (TPSA) is 125 Å². The molecule has 0 saturated heterocycles. The molecule has 36 heavy (non-hydrogen) atoms. The minimum atomic E-state index is -4.47. The summed E-state index contributed by atoms with van der Waals surface area (Å²) in [5.41, 5.74) is 0.319. The summed E-state index contributed by atoms with van der Waals surface area (Å²) in [5.74, 6) is -0.831. The maximum absolute atomic E-state index is 13.0. The number of amides is 1. The molecule has 4 N–H and O–H groups in total. The Balaban J connectivity index is 1.90. The first-order valence-electron chi connectivity index (χ1n) is 10.5. The Bertz CT molecular complexity index is 1340. The number of hydrogen-bond acceptors (Lipinski definition) is 6. The van der Waals surface area contributed by atoms with E-state index in [1.165, 1.54) is 42.5 Å². The number of benzene rings is 3. The van der Waals surface area contributed by atoms with Gasteiger partial charge in [-0.3, -0.25) is 9.52 Å². The van der Waals surface area contributed by atoms with Crippen molar-refractivity contribution in [3.05, 3.63) is 71.8 Å². The highest BCUT2D eigenvalue weighted by molar-refractivity contribution is 7.92. The molecule has 1 amide bonds. The number of aliphatic hydroxyl groups is 1. The van der Waals surface area contributed by atoms with E-state index in [1.54, 1.807) is 6.07 Å². The van der Waals surface area contributed by atoms with Crippen molar-refractivity contribution in [3.8, 4) is 22.6 Å². The number of halogens is 3. The van der Waals surface area contributed by atoms with Gasteiger partial charge in [0, 0.05) is 18.7 Å². The van der Waals surface area contributed by atoms with Crippen LogP contribution in [-0.2, 0) is 16.2 Å². The van der Waals surface area contributed by atoms with Crippen LogP contribution in [0, 0.1) is 0 Å². The van der Waals surface area contributed by atoms with Gasteiger partial charge in [0.1, 0.15) is 11.5 Å². The zero-order valence-electron chi connectivity index (χ0n) is 19.0. The van der Waals surface area contributed by atoms with E-state index in [4.69, 9.17) is 9.84 Å². The van der Waals surface area contributed by atoms with Gasteiger partial charge in [-0.2, -0.15) is 13.2 Å². The molecule has 0 bridgehead atoms. The summed E-state index contributed by atoms with van der Waals surface area (Å²) in [6, 6.07) is 12.8. The second kappa shape index (κ2) is 10.9. The number of rotatable bonds is 9. The summed E-state index contributed by atoms with van der Waals surface area (Å²) in [6.45, 7) is -0.0708. The second-order valence-corrected chi connectivity index (χ2v) is 9.52. The summed E-state index contributed by atoms with van der Waals surface area (Å²) in [7, 11) is -3.68. The predicted octanol–water partition coefficient (Wildman–Crippen LogP) is 4.46. The Kier molecular flexibility index (Phi) is 8.10. The molecule has 0 aliphatic rings. The van der Waals surface area contributed by atoms with Crippen molar-refractivity contribution >= 4 is 27.3 Å². The highest BCUT2D eigenvalue weighted by Crippen LogP contribution is 2.33. The number of anilines is 2. The van der Waals surface area contributed by atoms with E-state index in [9.17, 15) is 31.5 Å². The largest absolute Gasteiger partial charge is 0.506 e. The number of carbonyl (C=O) groups is 1. The van der Waals surface area contributed by atoms with Gasteiger partial charge in [0.2, 0.25) is 10.0 Å². The lowest BCUT2D eigenvalue weighted by Gasteiger charge is -2.15. The fraction of sp³-hybridized carbons (Fsp3) is 0.208. The van der Waals surface area contributed by atoms with Crippen molar-refractivity contribution in [2.45, 2.75) is 12.6 Å². The van der Waals surface area contributed by atoms with Crippen LogP contribution in [0.4, 0.5) is 24.5 Å². The highest BCUT2D eigenvalue weighted by atomic mass is 32.2. The average Bonchev–Trinajstić information content (AvgIpc) is 2.80. The molecule has 192 valence electrons. The Morgan fingerprint density at radius 1 is 1.00 bits per heavy atom. The molecule has 3 aromatic carbocycles. The van der Waals surface area contributed by atoms with Crippen molar-refractivity contribution in [2.24, 2.45) is 0 Å². The van der Waals surface area contributed by atoms with E-state index in [-0.39, 0.29) is 48.1 Å². The molecule has 0 saturated carbocycles. The van der Waals surface area contributed by atoms with Crippen LogP contribution in [0.15, 0.2) is 60.7 Å². The summed E-state index contributed by atoms with van der Waals surface area (Å²) in [4.78, 5) is 13.0. The van der Waals surface area contributed by atoms with Gasteiger partial charge < -0.3 is 20.3 Å². The van der Waals surface area contributed by atoms with Gasteiger partial charge in [0.05, 0.1) is 29.7 Å². The van der Waals surface area contributed by atoms with Crippen molar-refractivity contribution in [3.63, 3.8) is 0 Å². The van der Waals surface area contributed by atoms with Crippen LogP contribution in [0.2, 0.25) is 0 Å². The van der Waals surface area contributed by atoms with E-state index in [2.05, 4.69) is 10.0 Å². The third kappa shape index (κ3) is 7.12. The van der Waals surface area contributed by atoms with Crippen LogP contribution in [0.3, 0.4) is 0 Å². The fourth-order valence-corrected chi connectivity index (χ4v) is 3.76. The molecule has 0 fully saturated rings. The summed E-state index contributed by atoms with van der Waals surface area (Å²) in [6.07, 6.45) is -3.28. The second-order valence-electron chi connectivity index (χ2n) is 7.77. The van der Waals surface area contributed by atoms with Crippen LogP contribution in [0.1, 0.15) is 22.3 Å². The van der Waals surface area contributed by atoms with Crippen LogP contribution in [0.5, 0.6) is 11.5 Å². The Morgan fingerprint density at radius 2 is 1.67 bits per heavy atom. The molecule has 0 unspecified atom stereocenters.